The van der Waals surface area contributed by atoms with Crippen LogP contribution in [0.5, 0.6) is 0 Å². The van der Waals surface area contributed by atoms with Gasteiger partial charge in [-0.3, -0.25) is 4.99 Å². The molecule has 4 rings (SSSR count). The molecule has 1 saturated carbocycles. The number of nitrogens with zero attached hydrogens (tertiary/aromatic N) is 2. The molecule has 0 aromatic carbocycles. The highest BCUT2D eigenvalue weighted by Gasteiger charge is 2.33. The third-order valence-corrected chi connectivity index (χ3v) is 5.19. The van der Waals surface area contributed by atoms with Crippen LogP contribution in [0.3, 0.4) is 0 Å². The first-order valence-electron chi connectivity index (χ1n) is 7.64. The lowest BCUT2D eigenvalue weighted by Crippen LogP contribution is -2.40. The van der Waals surface area contributed by atoms with Crippen molar-refractivity contribution in [3.05, 3.63) is 23.0 Å². The summed E-state index contributed by atoms with van der Waals surface area (Å²) in [5, 5.41) is 0. The number of aliphatic imine (C=N–C) groups is 1. The number of allylic oxidation sites excluding steroid dienone is 2. The Balaban J connectivity index is 1.76. The highest BCUT2D eigenvalue weighted by molar-refractivity contribution is 5.61. The van der Waals surface area contributed by atoms with Gasteiger partial charge >= 0.3 is 0 Å². The average Bonchev–Trinajstić information content (AvgIpc) is 2.45. The van der Waals surface area contributed by atoms with Crippen LogP contribution in [0.15, 0.2) is 28.0 Å². The minimum atomic E-state index is 0.708. The van der Waals surface area contributed by atoms with Crippen LogP contribution in [0.2, 0.25) is 0 Å². The molecule has 1 aliphatic carbocycles. The standard InChI is InChI=1S/C16H22N2/c1-2-6-14-12(4-1)7-9-18-11-13-5-3-8-17-15(13)10-16(14)18/h8,10,12-13H,1-7,9,11H2. The number of fused-ring (bicyclic) bond motifs is 3. The number of rotatable bonds is 0. The zero-order valence-corrected chi connectivity index (χ0v) is 11.1. The molecule has 3 heterocycles. The Labute approximate surface area is 109 Å². The molecule has 1 fully saturated rings. The SMILES string of the molecule is C1=NC2=CC3=C4CCCCC4CCN3CC2CC1. The van der Waals surface area contributed by atoms with Crippen molar-refractivity contribution in [2.75, 3.05) is 13.1 Å². The van der Waals surface area contributed by atoms with E-state index in [2.05, 4.69) is 22.2 Å². The molecular formula is C16H22N2. The van der Waals surface area contributed by atoms with E-state index in [4.69, 9.17) is 0 Å². The molecule has 0 amide bonds. The Bertz CT molecular complexity index is 444. The van der Waals surface area contributed by atoms with Crippen LogP contribution in [-0.4, -0.2) is 24.2 Å². The van der Waals surface area contributed by atoms with Gasteiger partial charge in [0.25, 0.3) is 0 Å². The average molecular weight is 242 g/mol. The minimum Gasteiger partial charge on any atom is -0.371 e. The van der Waals surface area contributed by atoms with Crippen molar-refractivity contribution in [2.24, 2.45) is 16.8 Å². The summed E-state index contributed by atoms with van der Waals surface area (Å²) in [7, 11) is 0. The second-order valence-electron chi connectivity index (χ2n) is 6.24. The zero-order chi connectivity index (χ0) is 11.9. The van der Waals surface area contributed by atoms with Crippen molar-refractivity contribution < 1.29 is 0 Å². The van der Waals surface area contributed by atoms with E-state index in [-0.39, 0.29) is 0 Å². The maximum absolute atomic E-state index is 4.66. The van der Waals surface area contributed by atoms with E-state index in [1.165, 1.54) is 63.7 Å². The molecule has 96 valence electrons. The second kappa shape index (κ2) is 4.25. The van der Waals surface area contributed by atoms with Gasteiger partial charge in [0, 0.05) is 36.6 Å². The quantitative estimate of drug-likeness (QED) is 0.634. The predicted octanol–water partition coefficient (Wildman–Crippen LogP) is 3.51. The predicted molar refractivity (Wildman–Crippen MR) is 74.5 cm³/mol. The van der Waals surface area contributed by atoms with Crippen LogP contribution in [0, 0.1) is 11.8 Å². The fourth-order valence-electron chi connectivity index (χ4n) is 4.19. The van der Waals surface area contributed by atoms with Crippen LogP contribution in [0.1, 0.15) is 44.9 Å². The topological polar surface area (TPSA) is 15.6 Å². The summed E-state index contributed by atoms with van der Waals surface area (Å²) in [5.41, 5.74) is 4.70. The summed E-state index contributed by atoms with van der Waals surface area (Å²) < 4.78 is 0. The first-order chi connectivity index (χ1) is 8.92. The van der Waals surface area contributed by atoms with Gasteiger partial charge in [-0.2, -0.15) is 0 Å². The maximum atomic E-state index is 4.66. The lowest BCUT2D eigenvalue weighted by Gasteiger charge is -2.43. The van der Waals surface area contributed by atoms with Gasteiger partial charge in [0.05, 0.1) is 0 Å². The highest BCUT2D eigenvalue weighted by atomic mass is 15.2. The van der Waals surface area contributed by atoms with E-state index in [1.54, 1.807) is 11.3 Å². The first-order valence-corrected chi connectivity index (χ1v) is 7.64. The molecule has 0 bridgehead atoms. The lowest BCUT2D eigenvalue weighted by molar-refractivity contribution is 0.230. The molecule has 0 spiro atoms. The fourth-order valence-corrected chi connectivity index (χ4v) is 4.19. The third kappa shape index (κ3) is 1.65. The van der Waals surface area contributed by atoms with Crippen LogP contribution in [-0.2, 0) is 0 Å². The molecular weight excluding hydrogens is 220 g/mol. The molecule has 3 aliphatic heterocycles. The summed E-state index contributed by atoms with van der Waals surface area (Å²) in [6, 6.07) is 0. The van der Waals surface area contributed by atoms with Crippen LogP contribution >= 0.6 is 0 Å². The third-order valence-electron chi connectivity index (χ3n) is 5.19. The van der Waals surface area contributed by atoms with Crippen molar-refractivity contribution in [2.45, 2.75) is 44.9 Å². The Morgan fingerprint density at radius 2 is 2.11 bits per heavy atom. The maximum Gasteiger partial charge on any atom is 0.0468 e. The normalized spacial score (nSPS) is 34.7. The second-order valence-corrected chi connectivity index (χ2v) is 6.24. The van der Waals surface area contributed by atoms with E-state index in [0.29, 0.717) is 5.92 Å². The molecule has 2 heteroatoms. The van der Waals surface area contributed by atoms with Crippen molar-refractivity contribution >= 4 is 6.21 Å². The van der Waals surface area contributed by atoms with E-state index < -0.39 is 0 Å². The van der Waals surface area contributed by atoms with E-state index in [9.17, 15) is 0 Å². The van der Waals surface area contributed by atoms with E-state index >= 15 is 0 Å². The first kappa shape index (κ1) is 10.8. The van der Waals surface area contributed by atoms with Crippen LogP contribution in [0.4, 0.5) is 0 Å². The van der Waals surface area contributed by atoms with Crippen molar-refractivity contribution in [1.29, 1.82) is 0 Å². The molecule has 2 unspecified atom stereocenters. The van der Waals surface area contributed by atoms with Crippen molar-refractivity contribution in [3.8, 4) is 0 Å². The molecule has 0 radical (unpaired) electrons. The monoisotopic (exact) mass is 242 g/mol. The van der Waals surface area contributed by atoms with E-state index in [1.807, 2.05) is 0 Å². The van der Waals surface area contributed by atoms with Crippen LogP contribution < -0.4 is 0 Å². The lowest BCUT2D eigenvalue weighted by atomic mass is 9.77. The molecule has 0 aromatic rings. The Morgan fingerprint density at radius 3 is 3.11 bits per heavy atom. The molecule has 2 nitrogen and oxygen atoms in total. The molecule has 2 atom stereocenters. The van der Waals surface area contributed by atoms with Gasteiger partial charge in [0.15, 0.2) is 0 Å². The zero-order valence-electron chi connectivity index (χ0n) is 11.1. The minimum absolute atomic E-state index is 0.708. The summed E-state index contributed by atoms with van der Waals surface area (Å²) >= 11 is 0. The van der Waals surface area contributed by atoms with Crippen molar-refractivity contribution in [1.82, 2.24) is 4.90 Å². The van der Waals surface area contributed by atoms with E-state index in [0.717, 1.165) is 5.92 Å². The molecule has 0 N–H and O–H groups in total. The Kier molecular flexibility index (Phi) is 2.56. The smallest absolute Gasteiger partial charge is 0.0468 e. The summed E-state index contributed by atoms with van der Waals surface area (Å²) in [6.45, 7) is 2.52. The Hall–Kier alpha value is -1.05. The van der Waals surface area contributed by atoms with Crippen LogP contribution in [0.25, 0.3) is 0 Å². The van der Waals surface area contributed by atoms with Gasteiger partial charge < -0.3 is 4.90 Å². The summed E-state index contributed by atoms with van der Waals surface area (Å²) in [5.74, 6) is 1.60. The fraction of sp³-hybridized carbons (Fsp3) is 0.688. The Morgan fingerprint density at radius 1 is 1.11 bits per heavy atom. The largest absolute Gasteiger partial charge is 0.371 e. The molecule has 4 aliphatic rings. The summed E-state index contributed by atoms with van der Waals surface area (Å²) in [4.78, 5) is 7.31. The van der Waals surface area contributed by atoms with Gasteiger partial charge in [-0.15, -0.1) is 0 Å². The molecule has 0 saturated heterocycles. The molecule has 18 heavy (non-hydrogen) atoms. The number of hydrogen-bond acceptors (Lipinski definition) is 2. The van der Waals surface area contributed by atoms with Crippen molar-refractivity contribution in [3.63, 3.8) is 0 Å². The van der Waals surface area contributed by atoms with Gasteiger partial charge in [-0.25, -0.2) is 0 Å². The van der Waals surface area contributed by atoms with Gasteiger partial charge in [0.1, 0.15) is 0 Å². The number of hydrogen-bond donors (Lipinski definition) is 0. The summed E-state index contributed by atoms with van der Waals surface area (Å²) in [6.07, 6.45) is 14.0. The molecule has 0 aromatic heterocycles. The van der Waals surface area contributed by atoms with Gasteiger partial charge in [-0.1, -0.05) is 6.42 Å². The highest BCUT2D eigenvalue weighted by Crippen LogP contribution is 2.42. The van der Waals surface area contributed by atoms with Gasteiger partial charge in [-0.05, 0) is 56.1 Å². The van der Waals surface area contributed by atoms with Gasteiger partial charge in [0.2, 0.25) is 0 Å².